The van der Waals surface area contributed by atoms with Gasteiger partial charge in [0.25, 0.3) is 5.56 Å². The lowest BCUT2D eigenvalue weighted by Crippen LogP contribution is -2.34. The van der Waals surface area contributed by atoms with E-state index in [0.717, 1.165) is 0 Å². The van der Waals surface area contributed by atoms with Crippen LogP contribution in [0.2, 0.25) is 5.02 Å². The average molecular weight is 362 g/mol. The highest BCUT2D eigenvalue weighted by Gasteiger charge is 2.23. The summed E-state index contributed by atoms with van der Waals surface area (Å²) in [5, 5.41) is 18.7. The molecule has 9 heteroatoms. The number of aromatic amines is 1. The van der Waals surface area contributed by atoms with Gasteiger partial charge in [0.1, 0.15) is 11.6 Å². The van der Waals surface area contributed by atoms with E-state index in [-0.39, 0.29) is 21.8 Å². The molecule has 0 saturated heterocycles. The summed E-state index contributed by atoms with van der Waals surface area (Å²) in [6.07, 6.45) is 1.51. The van der Waals surface area contributed by atoms with Crippen molar-refractivity contribution in [3.63, 3.8) is 0 Å². The molecular formula is C16H16ClN5O3. The Morgan fingerprint density at radius 3 is 2.88 bits per heavy atom. The van der Waals surface area contributed by atoms with E-state index in [4.69, 9.17) is 16.7 Å². The maximum absolute atomic E-state index is 13.1. The predicted molar refractivity (Wildman–Crippen MR) is 93.3 cm³/mol. The summed E-state index contributed by atoms with van der Waals surface area (Å²) in [6, 6.07) is 5.94. The summed E-state index contributed by atoms with van der Waals surface area (Å²) in [4.78, 5) is 28.8. The Bertz CT molecular complexity index is 968. The van der Waals surface area contributed by atoms with Gasteiger partial charge in [0, 0.05) is 6.07 Å². The van der Waals surface area contributed by atoms with Crippen LogP contribution in [-0.2, 0) is 0 Å². The minimum atomic E-state index is -1.19. The standard InChI is InChI=1S/C16H16ClN5O3/c1-2-4-11(20-16(24)25)14-19-10-6-3-5-9(17)13(10)15(23)22(14)12-7-8-18-21-12/h3,5-8,11,20H,2,4H2,1H3,(H,18,21)(H,24,25). The highest BCUT2D eigenvalue weighted by Crippen LogP contribution is 2.24. The molecule has 0 radical (unpaired) electrons. The van der Waals surface area contributed by atoms with Crippen LogP contribution in [0.5, 0.6) is 0 Å². The number of amides is 1. The van der Waals surface area contributed by atoms with Crippen molar-refractivity contribution < 1.29 is 9.90 Å². The third-order valence-corrected chi connectivity index (χ3v) is 4.10. The number of carboxylic acid groups (broad SMARTS) is 1. The molecule has 0 aliphatic rings. The second-order valence-corrected chi connectivity index (χ2v) is 5.88. The molecule has 0 aliphatic heterocycles. The predicted octanol–water partition coefficient (Wildman–Crippen LogP) is 2.87. The van der Waals surface area contributed by atoms with Crippen molar-refractivity contribution in [1.82, 2.24) is 25.1 Å². The number of nitrogens with one attached hydrogen (secondary N) is 2. The number of carbonyl (C=O) groups is 1. The van der Waals surface area contributed by atoms with Gasteiger partial charge in [-0.25, -0.2) is 14.3 Å². The van der Waals surface area contributed by atoms with Gasteiger partial charge in [-0.2, -0.15) is 5.10 Å². The Balaban J connectivity index is 2.34. The highest BCUT2D eigenvalue weighted by atomic mass is 35.5. The second-order valence-electron chi connectivity index (χ2n) is 5.48. The number of nitrogens with zero attached hydrogens (tertiary/aromatic N) is 3. The summed E-state index contributed by atoms with van der Waals surface area (Å²) >= 11 is 6.18. The van der Waals surface area contributed by atoms with Gasteiger partial charge >= 0.3 is 6.09 Å². The van der Waals surface area contributed by atoms with E-state index in [1.165, 1.54) is 10.8 Å². The van der Waals surface area contributed by atoms with Crippen molar-refractivity contribution in [2.45, 2.75) is 25.8 Å². The van der Waals surface area contributed by atoms with Crippen LogP contribution in [0.1, 0.15) is 31.6 Å². The highest BCUT2D eigenvalue weighted by molar-refractivity contribution is 6.35. The van der Waals surface area contributed by atoms with Crippen molar-refractivity contribution in [3.05, 3.63) is 51.7 Å². The maximum atomic E-state index is 13.1. The Morgan fingerprint density at radius 2 is 2.24 bits per heavy atom. The minimum absolute atomic E-state index is 0.271. The normalized spacial score (nSPS) is 12.2. The first-order valence-electron chi connectivity index (χ1n) is 7.73. The van der Waals surface area contributed by atoms with Gasteiger partial charge in [-0.3, -0.25) is 9.89 Å². The Morgan fingerprint density at radius 1 is 1.44 bits per heavy atom. The molecule has 3 rings (SSSR count). The van der Waals surface area contributed by atoms with Crippen molar-refractivity contribution in [2.75, 3.05) is 0 Å². The summed E-state index contributed by atoms with van der Waals surface area (Å²) in [7, 11) is 0. The summed E-state index contributed by atoms with van der Waals surface area (Å²) in [6.45, 7) is 1.92. The van der Waals surface area contributed by atoms with Crippen molar-refractivity contribution in [1.29, 1.82) is 0 Å². The van der Waals surface area contributed by atoms with Gasteiger partial charge in [-0.05, 0) is 18.6 Å². The zero-order chi connectivity index (χ0) is 18.0. The number of aromatic nitrogens is 4. The SMILES string of the molecule is CCCC(NC(=O)O)c1nc2cccc(Cl)c2c(=O)n1-c1ccn[nH]1. The van der Waals surface area contributed by atoms with E-state index < -0.39 is 12.1 Å². The van der Waals surface area contributed by atoms with Crippen LogP contribution in [0.3, 0.4) is 0 Å². The number of halogens is 1. The summed E-state index contributed by atoms with van der Waals surface area (Å²) in [5.74, 6) is 0.677. The van der Waals surface area contributed by atoms with E-state index >= 15 is 0 Å². The Labute approximate surface area is 147 Å². The van der Waals surface area contributed by atoms with Crippen LogP contribution in [0, 0.1) is 0 Å². The fraction of sp³-hybridized carbons (Fsp3) is 0.250. The number of H-pyrrole nitrogens is 1. The van der Waals surface area contributed by atoms with Gasteiger partial charge in [0.15, 0.2) is 0 Å². The van der Waals surface area contributed by atoms with Crippen LogP contribution in [0.15, 0.2) is 35.3 Å². The van der Waals surface area contributed by atoms with Gasteiger partial charge in [-0.1, -0.05) is 31.0 Å². The zero-order valence-electron chi connectivity index (χ0n) is 13.4. The largest absolute Gasteiger partial charge is 0.465 e. The van der Waals surface area contributed by atoms with Gasteiger partial charge in [0.2, 0.25) is 0 Å². The molecule has 2 heterocycles. The molecule has 25 heavy (non-hydrogen) atoms. The lowest BCUT2D eigenvalue weighted by molar-refractivity contribution is 0.188. The van der Waals surface area contributed by atoms with Crippen LogP contribution in [0.25, 0.3) is 16.7 Å². The van der Waals surface area contributed by atoms with E-state index in [1.54, 1.807) is 24.3 Å². The van der Waals surface area contributed by atoms with Gasteiger partial charge in [0.05, 0.1) is 28.2 Å². The maximum Gasteiger partial charge on any atom is 0.405 e. The molecule has 0 bridgehead atoms. The lowest BCUT2D eigenvalue weighted by atomic mass is 10.1. The molecule has 3 N–H and O–H groups in total. The molecule has 0 aliphatic carbocycles. The monoisotopic (exact) mass is 361 g/mol. The Hall–Kier alpha value is -2.87. The quantitative estimate of drug-likeness (QED) is 0.646. The number of benzene rings is 1. The average Bonchev–Trinajstić information content (AvgIpc) is 3.07. The van der Waals surface area contributed by atoms with E-state index in [9.17, 15) is 9.59 Å². The molecule has 2 aromatic heterocycles. The molecule has 8 nitrogen and oxygen atoms in total. The fourth-order valence-corrected chi connectivity index (χ4v) is 3.00. The van der Waals surface area contributed by atoms with Crippen molar-refractivity contribution in [2.24, 2.45) is 0 Å². The molecule has 1 atom stereocenters. The fourth-order valence-electron chi connectivity index (χ4n) is 2.75. The molecule has 0 saturated carbocycles. The van der Waals surface area contributed by atoms with Crippen LogP contribution in [0.4, 0.5) is 4.79 Å². The molecule has 1 aromatic carbocycles. The molecule has 0 spiro atoms. The number of rotatable bonds is 5. The third kappa shape index (κ3) is 3.20. The van der Waals surface area contributed by atoms with Crippen molar-refractivity contribution in [3.8, 4) is 5.82 Å². The van der Waals surface area contributed by atoms with Gasteiger partial charge in [-0.15, -0.1) is 0 Å². The summed E-state index contributed by atoms with van der Waals surface area (Å²) < 4.78 is 1.32. The molecule has 3 aromatic rings. The molecule has 1 unspecified atom stereocenters. The first-order valence-corrected chi connectivity index (χ1v) is 8.11. The summed E-state index contributed by atoms with van der Waals surface area (Å²) in [5.41, 5.74) is 0.0275. The van der Waals surface area contributed by atoms with E-state index in [2.05, 4.69) is 20.5 Å². The minimum Gasteiger partial charge on any atom is -0.465 e. The Kier molecular flexibility index (Phi) is 4.71. The lowest BCUT2D eigenvalue weighted by Gasteiger charge is -2.20. The second kappa shape index (κ2) is 6.94. The number of fused-ring (bicyclic) bond motifs is 1. The third-order valence-electron chi connectivity index (χ3n) is 3.79. The molecule has 130 valence electrons. The first kappa shape index (κ1) is 17.0. The van der Waals surface area contributed by atoms with Crippen LogP contribution in [-0.4, -0.2) is 30.9 Å². The van der Waals surface area contributed by atoms with Gasteiger partial charge < -0.3 is 10.4 Å². The first-order chi connectivity index (χ1) is 12.0. The topological polar surface area (TPSA) is 113 Å². The van der Waals surface area contributed by atoms with Crippen molar-refractivity contribution >= 4 is 28.6 Å². The molecule has 0 fully saturated rings. The van der Waals surface area contributed by atoms with Crippen LogP contribution < -0.4 is 10.9 Å². The molecular weight excluding hydrogens is 346 g/mol. The van der Waals surface area contributed by atoms with E-state index in [1.807, 2.05) is 6.92 Å². The number of hydrogen-bond acceptors (Lipinski definition) is 4. The van der Waals surface area contributed by atoms with Crippen LogP contribution >= 0.6 is 11.6 Å². The molecule has 1 amide bonds. The zero-order valence-corrected chi connectivity index (χ0v) is 14.1. The number of hydrogen-bond donors (Lipinski definition) is 3. The van der Waals surface area contributed by atoms with E-state index in [0.29, 0.717) is 24.2 Å². The smallest absolute Gasteiger partial charge is 0.405 e.